The monoisotopic (exact) mass is 273 g/mol. The Balaban J connectivity index is 2.64. The summed E-state index contributed by atoms with van der Waals surface area (Å²) in [6.45, 7) is 3.52. The van der Waals surface area contributed by atoms with Crippen molar-refractivity contribution >= 4 is 23.8 Å². The maximum absolute atomic E-state index is 11.9. The Kier molecular flexibility index (Phi) is 4.89. The van der Waals surface area contributed by atoms with Gasteiger partial charge in [-0.15, -0.1) is 0 Å². The van der Waals surface area contributed by atoms with E-state index in [1.807, 2.05) is 18.1 Å². The Hall–Kier alpha value is -1.37. The zero-order valence-corrected chi connectivity index (χ0v) is 11.8. The molecule has 1 atom stereocenters. The Bertz CT molecular complexity index is 371. The van der Waals surface area contributed by atoms with E-state index in [0.717, 1.165) is 10.9 Å². The van der Waals surface area contributed by atoms with Crippen molar-refractivity contribution < 1.29 is 14.7 Å². The van der Waals surface area contributed by atoms with Crippen LogP contribution < -0.4 is 5.32 Å². The van der Waals surface area contributed by atoms with E-state index in [1.54, 1.807) is 20.9 Å². The zero-order valence-electron chi connectivity index (χ0n) is 11.0. The molecular formula is C11H19N3O3S. The molecule has 1 aliphatic rings. The van der Waals surface area contributed by atoms with Crippen LogP contribution in [0.5, 0.6) is 0 Å². The van der Waals surface area contributed by atoms with Crippen LogP contribution in [-0.4, -0.2) is 52.9 Å². The molecule has 2 N–H and O–H groups in total. The number of carbonyl (C=O) groups excluding carboxylic acids is 1. The minimum atomic E-state index is -1.02. The Morgan fingerprint density at radius 1 is 1.56 bits per heavy atom. The number of carboxylic acids is 1. The highest BCUT2D eigenvalue weighted by Crippen LogP contribution is 2.26. The van der Waals surface area contributed by atoms with Crippen molar-refractivity contribution in [3.05, 3.63) is 11.2 Å². The number of nitrogens with zero attached hydrogens (tertiary/aromatic N) is 2. The lowest BCUT2D eigenvalue weighted by Crippen LogP contribution is -2.48. The average Bonchev–Trinajstić information content (AvgIpc) is 2.70. The molecule has 0 fully saturated rings. The summed E-state index contributed by atoms with van der Waals surface area (Å²) in [5.74, 6) is -0.385. The van der Waals surface area contributed by atoms with Crippen molar-refractivity contribution in [2.45, 2.75) is 19.9 Å². The summed E-state index contributed by atoms with van der Waals surface area (Å²) >= 11 is 1.54. The average molecular weight is 273 g/mol. The normalized spacial score (nSPS) is 16.5. The third-order valence-electron chi connectivity index (χ3n) is 2.59. The molecule has 0 spiro atoms. The molecule has 0 saturated carbocycles. The van der Waals surface area contributed by atoms with E-state index in [9.17, 15) is 9.59 Å². The second kappa shape index (κ2) is 5.99. The van der Waals surface area contributed by atoms with Crippen LogP contribution in [0.4, 0.5) is 4.79 Å². The van der Waals surface area contributed by atoms with E-state index in [4.69, 9.17) is 5.11 Å². The summed E-state index contributed by atoms with van der Waals surface area (Å²) in [6.07, 6.45) is 1.86. The number of aliphatic carboxylic acids is 1. The van der Waals surface area contributed by atoms with Gasteiger partial charge in [0.2, 0.25) is 0 Å². The molecule has 102 valence electrons. The Labute approximate surface area is 111 Å². The highest BCUT2D eigenvalue weighted by atomic mass is 32.2. The smallest absolute Gasteiger partial charge is 0.326 e. The minimum absolute atomic E-state index is 0.160. The molecule has 0 aromatic heterocycles. The minimum Gasteiger partial charge on any atom is -0.480 e. The van der Waals surface area contributed by atoms with Crippen molar-refractivity contribution in [2.24, 2.45) is 5.92 Å². The van der Waals surface area contributed by atoms with Gasteiger partial charge < -0.3 is 15.3 Å². The molecular weight excluding hydrogens is 254 g/mol. The molecule has 1 heterocycles. The van der Waals surface area contributed by atoms with Gasteiger partial charge in [0.05, 0.1) is 10.9 Å². The first kappa shape index (κ1) is 14.7. The molecule has 1 aliphatic heterocycles. The predicted octanol–water partition coefficient (Wildman–Crippen LogP) is 1.17. The predicted molar refractivity (Wildman–Crippen MR) is 70.9 cm³/mol. The fourth-order valence-corrected chi connectivity index (χ4v) is 2.40. The summed E-state index contributed by atoms with van der Waals surface area (Å²) in [5, 5.41) is 12.4. The van der Waals surface area contributed by atoms with Gasteiger partial charge in [0, 0.05) is 20.3 Å². The second-order valence-electron chi connectivity index (χ2n) is 4.57. The van der Waals surface area contributed by atoms with Crippen molar-refractivity contribution in [1.29, 1.82) is 0 Å². The van der Waals surface area contributed by atoms with Gasteiger partial charge in [-0.2, -0.15) is 0 Å². The molecule has 0 aliphatic carbocycles. The van der Waals surface area contributed by atoms with Crippen LogP contribution in [0.1, 0.15) is 13.8 Å². The molecule has 2 amide bonds. The first-order valence-electron chi connectivity index (χ1n) is 5.64. The van der Waals surface area contributed by atoms with E-state index in [0.29, 0.717) is 0 Å². The quantitative estimate of drug-likeness (QED) is 0.804. The van der Waals surface area contributed by atoms with Gasteiger partial charge in [-0.25, -0.2) is 9.59 Å². The lowest BCUT2D eigenvalue weighted by atomic mass is 10.1. The first-order chi connectivity index (χ1) is 8.32. The SMILES string of the molecule is CC(C)[C@H](NC(=O)N(C)C1=CN(C)CS1)C(=O)O. The van der Waals surface area contributed by atoms with E-state index in [2.05, 4.69) is 5.32 Å². The van der Waals surface area contributed by atoms with Gasteiger partial charge in [0.1, 0.15) is 6.04 Å². The number of carbonyl (C=O) groups is 2. The molecule has 0 saturated heterocycles. The summed E-state index contributed by atoms with van der Waals surface area (Å²) in [5.41, 5.74) is 0. The number of hydrogen-bond donors (Lipinski definition) is 2. The Morgan fingerprint density at radius 2 is 2.17 bits per heavy atom. The zero-order chi connectivity index (χ0) is 13.9. The molecule has 0 aromatic carbocycles. The number of nitrogens with one attached hydrogen (secondary N) is 1. The van der Waals surface area contributed by atoms with Crippen molar-refractivity contribution in [2.75, 3.05) is 20.0 Å². The van der Waals surface area contributed by atoms with Crippen molar-refractivity contribution in [3.8, 4) is 0 Å². The fraction of sp³-hybridized carbons (Fsp3) is 0.636. The second-order valence-corrected chi connectivity index (χ2v) is 5.53. The van der Waals surface area contributed by atoms with E-state index < -0.39 is 18.0 Å². The lowest BCUT2D eigenvalue weighted by Gasteiger charge is -2.23. The summed E-state index contributed by atoms with van der Waals surface area (Å²) in [6, 6.07) is -1.27. The molecule has 1 rings (SSSR count). The highest BCUT2D eigenvalue weighted by molar-refractivity contribution is 8.03. The summed E-state index contributed by atoms with van der Waals surface area (Å²) in [4.78, 5) is 26.3. The summed E-state index contributed by atoms with van der Waals surface area (Å²) < 4.78 is 0. The maximum Gasteiger partial charge on any atom is 0.326 e. The lowest BCUT2D eigenvalue weighted by molar-refractivity contribution is -0.140. The van der Waals surface area contributed by atoms with Crippen LogP contribution in [-0.2, 0) is 4.79 Å². The molecule has 0 unspecified atom stereocenters. The molecule has 6 nitrogen and oxygen atoms in total. The highest BCUT2D eigenvalue weighted by Gasteiger charge is 2.26. The van der Waals surface area contributed by atoms with Gasteiger partial charge in [-0.1, -0.05) is 25.6 Å². The number of hydrogen-bond acceptors (Lipinski definition) is 4. The molecule has 0 bridgehead atoms. The van der Waals surface area contributed by atoms with Crippen LogP contribution in [0, 0.1) is 5.92 Å². The van der Waals surface area contributed by atoms with Crippen LogP contribution >= 0.6 is 11.8 Å². The fourth-order valence-electron chi connectivity index (χ4n) is 1.46. The van der Waals surface area contributed by atoms with Gasteiger partial charge in [-0.05, 0) is 5.92 Å². The van der Waals surface area contributed by atoms with E-state index in [-0.39, 0.29) is 5.92 Å². The third kappa shape index (κ3) is 3.56. The topological polar surface area (TPSA) is 72.9 Å². The number of amides is 2. The molecule has 7 heteroatoms. The van der Waals surface area contributed by atoms with Crippen LogP contribution in [0.2, 0.25) is 0 Å². The molecule has 18 heavy (non-hydrogen) atoms. The van der Waals surface area contributed by atoms with E-state index in [1.165, 1.54) is 16.7 Å². The summed E-state index contributed by atoms with van der Waals surface area (Å²) in [7, 11) is 3.55. The van der Waals surface area contributed by atoms with Gasteiger partial charge in [-0.3, -0.25) is 4.90 Å². The number of rotatable bonds is 4. The van der Waals surface area contributed by atoms with Gasteiger partial charge >= 0.3 is 12.0 Å². The number of urea groups is 1. The molecule has 0 aromatic rings. The Morgan fingerprint density at radius 3 is 2.56 bits per heavy atom. The van der Waals surface area contributed by atoms with Crippen LogP contribution in [0.25, 0.3) is 0 Å². The third-order valence-corrected chi connectivity index (χ3v) is 3.81. The van der Waals surface area contributed by atoms with E-state index >= 15 is 0 Å². The largest absolute Gasteiger partial charge is 0.480 e. The van der Waals surface area contributed by atoms with Crippen LogP contribution in [0.3, 0.4) is 0 Å². The standard InChI is InChI=1S/C11H19N3O3S/c1-7(2)9(10(15)16)12-11(17)14(4)8-5-13(3)6-18-8/h5,7,9H,6H2,1-4H3,(H,12,17)(H,15,16)/t9-/m0/s1. The van der Waals surface area contributed by atoms with Crippen molar-refractivity contribution in [3.63, 3.8) is 0 Å². The number of thioether (sulfide) groups is 1. The molecule has 0 radical (unpaired) electrons. The van der Waals surface area contributed by atoms with Crippen molar-refractivity contribution in [1.82, 2.24) is 15.1 Å². The van der Waals surface area contributed by atoms with Crippen LogP contribution in [0.15, 0.2) is 11.2 Å². The maximum atomic E-state index is 11.9. The number of carboxylic acid groups (broad SMARTS) is 1. The van der Waals surface area contributed by atoms with Gasteiger partial charge in [0.25, 0.3) is 0 Å². The van der Waals surface area contributed by atoms with Gasteiger partial charge in [0.15, 0.2) is 0 Å². The first-order valence-corrected chi connectivity index (χ1v) is 6.63.